The Labute approximate surface area is 287 Å². The molecule has 0 spiro atoms. The van der Waals surface area contributed by atoms with Gasteiger partial charge in [-0.05, 0) is 90.9 Å². The fraction of sp³-hybridized carbons (Fsp3) is 0.106. The van der Waals surface area contributed by atoms with Gasteiger partial charge in [0.1, 0.15) is 0 Å². The first-order chi connectivity index (χ1) is 24.2. The number of aliphatic imine (C=N–C) groups is 2. The summed E-state index contributed by atoms with van der Waals surface area (Å²) in [6.07, 6.45) is 14.8. The molecule has 0 fully saturated rings. The van der Waals surface area contributed by atoms with E-state index in [1.807, 2.05) is 0 Å². The fourth-order valence-electron chi connectivity index (χ4n) is 7.69. The van der Waals surface area contributed by atoms with Crippen LogP contribution >= 0.6 is 0 Å². The summed E-state index contributed by atoms with van der Waals surface area (Å²) >= 11 is 0. The summed E-state index contributed by atoms with van der Waals surface area (Å²) in [5, 5.41) is 5.32. The van der Waals surface area contributed by atoms with E-state index in [4.69, 9.17) is 9.98 Å². The van der Waals surface area contributed by atoms with Crippen LogP contribution in [-0.2, 0) is 6.42 Å². The Morgan fingerprint density at radius 2 is 1.45 bits per heavy atom. The van der Waals surface area contributed by atoms with Crippen molar-refractivity contribution < 1.29 is 0 Å². The molecule has 2 nitrogen and oxygen atoms in total. The maximum absolute atomic E-state index is 5.35. The van der Waals surface area contributed by atoms with Crippen molar-refractivity contribution >= 4 is 39.2 Å². The highest BCUT2D eigenvalue weighted by molar-refractivity contribution is 6.17. The molecule has 2 aliphatic carbocycles. The van der Waals surface area contributed by atoms with E-state index in [9.17, 15) is 0 Å². The van der Waals surface area contributed by atoms with Gasteiger partial charge in [-0.3, -0.25) is 4.99 Å². The fourth-order valence-corrected chi connectivity index (χ4v) is 7.69. The van der Waals surface area contributed by atoms with Gasteiger partial charge in [-0.2, -0.15) is 0 Å². The monoisotopic (exact) mass is 628 g/mol. The van der Waals surface area contributed by atoms with Crippen molar-refractivity contribution in [3.63, 3.8) is 0 Å². The molecule has 1 unspecified atom stereocenters. The maximum atomic E-state index is 5.35. The lowest BCUT2D eigenvalue weighted by Crippen LogP contribution is -2.08. The van der Waals surface area contributed by atoms with E-state index in [1.165, 1.54) is 60.5 Å². The predicted octanol–water partition coefficient (Wildman–Crippen LogP) is 12.1. The number of hydrogen-bond acceptors (Lipinski definition) is 2. The van der Waals surface area contributed by atoms with Gasteiger partial charge in [0.2, 0.25) is 0 Å². The number of amidine groups is 1. The summed E-state index contributed by atoms with van der Waals surface area (Å²) in [7, 11) is 0. The van der Waals surface area contributed by atoms with Gasteiger partial charge >= 0.3 is 0 Å². The van der Waals surface area contributed by atoms with Crippen molar-refractivity contribution in [2.45, 2.75) is 31.7 Å². The number of benzene rings is 6. The molecule has 1 atom stereocenters. The van der Waals surface area contributed by atoms with Crippen molar-refractivity contribution in [1.82, 2.24) is 0 Å². The van der Waals surface area contributed by atoms with Crippen LogP contribution in [0.1, 0.15) is 47.6 Å². The molecule has 1 aliphatic heterocycles. The Kier molecular flexibility index (Phi) is 7.35. The lowest BCUT2D eigenvalue weighted by atomic mass is 9.90. The summed E-state index contributed by atoms with van der Waals surface area (Å²) in [6, 6.07) is 43.8. The van der Waals surface area contributed by atoms with E-state index in [1.54, 1.807) is 0 Å². The molecule has 6 aromatic rings. The van der Waals surface area contributed by atoms with Gasteiger partial charge < -0.3 is 0 Å². The summed E-state index contributed by atoms with van der Waals surface area (Å²) in [6.45, 7) is 4.58. The maximum Gasteiger partial charge on any atom is 0.155 e. The summed E-state index contributed by atoms with van der Waals surface area (Å²) in [5.41, 5.74) is 13.1. The van der Waals surface area contributed by atoms with Crippen LogP contribution in [0.15, 0.2) is 173 Å². The Morgan fingerprint density at radius 3 is 2.27 bits per heavy atom. The van der Waals surface area contributed by atoms with Crippen molar-refractivity contribution in [3.8, 4) is 22.3 Å². The third-order valence-electron chi connectivity index (χ3n) is 10.2. The van der Waals surface area contributed by atoms with Crippen LogP contribution in [0.2, 0.25) is 0 Å². The lowest BCUT2D eigenvalue weighted by Gasteiger charge is -2.17. The second-order valence-electron chi connectivity index (χ2n) is 13.3. The number of rotatable bonds is 5. The third-order valence-corrected chi connectivity index (χ3v) is 10.2. The molecule has 0 aromatic heterocycles. The standard InChI is InChI=1S/C47H36N2/c1-31-30-43(35-12-6-3-7-13-35)48-47(49-46(31)39-22-18-33(19-23-39)32-10-4-2-5-11-32)40-24-20-34(21-25-40)41-28-26-38-17-9-15-36-14-8-16-37-27-29-42(41)45(38)44(36)37/h2-6,8-12,14,16-29,46H,1,7,13,15,30H2. The van der Waals surface area contributed by atoms with Crippen molar-refractivity contribution in [2.24, 2.45) is 9.98 Å². The topological polar surface area (TPSA) is 24.7 Å². The minimum atomic E-state index is -0.179. The van der Waals surface area contributed by atoms with Gasteiger partial charge in [-0.25, -0.2) is 4.99 Å². The Morgan fingerprint density at radius 1 is 0.653 bits per heavy atom. The quantitative estimate of drug-likeness (QED) is 0.134. The van der Waals surface area contributed by atoms with E-state index >= 15 is 0 Å². The highest BCUT2D eigenvalue weighted by atomic mass is 15.0. The lowest BCUT2D eigenvalue weighted by molar-refractivity contribution is 0.839. The van der Waals surface area contributed by atoms with Crippen LogP contribution in [0.3, 0.4) is 0 Å². The molecule has 0 amide bonds. The Balaban J connectivity index is 1.12. The smallest absolute Gasteiger partial charge is 0.155 e. The Bertz CT molecular complexity index is 2420. The first kappa shape index (κ1) is 29.3. The molecule has 234 valence electrons. The molecule has 2 heteroatoms. The predicted molar refractivity (Wildman–Crippen MR) is 208 cm³/mol. The van der Waals surface area contributed by atoms with Crippen molar-refractivity contribution in [3.05, 3.63) is 186 Å². The molecular weight excluding hydrogens is 593 g/mol. The zero-order valence-electron chi connectivity index (χ0n) is 27.4. The van der Waals surface area contributed by atoms with E-state index in [0.717, 1.165) is 47.5 Å². The van der Waals surface area contributed by atoms with Crippen LogP contribution in [-0.4, -0.2) is 11.5 Å². The summed E-state index contributed by atoms with van der Waals surface area (Å²) < 4.78 is 0. The normalized spacial score (nSPS) is 17.1. The zero-order valence-corrected chi connectivity index (χ0v) is 27.4. The second-order valence-corrected chi connectivity index (χ2v) is 13.3. The average molecular weight is 629 g/mol. The minimum Gasteiger partial charge on any atom is -0.253 e. The molecule has 9 rings (SSSR count). The van der Waals surface area contributed by atoms with Crippen molar-refractivity contribution in [2.75, 3.05) is 0 Å². The van der Waals surface area contributed by atoms with Gasteiger partial charge in [-0.15, -0.1) is 0 Å². The molecule has 0 saturated heterocycles. The van der Waals surface area contributed by atoms with E-state index in [-0.39, 0.29) is 6.04 Å². The molecule has 0 N–H and O–H groups in total. The van der Waals surface area contributed by atoms with Gasteiger partial charge in [-0.1, -0.05) is 158 Å². The molecule has 0 radical (unpaired) electrons. The number of nitrogens with zero attached hydrogens (tertiary/aromatic N) is 2. The molecule has 6 aromatic carbocycles. The highest BCUT2D eigenvalue weighted by Gasteiger charge is 2.24. The van der Waals surface area contributed by atoms with Crippen molar-refractivity contribution in [1.29, 1.82) is 0 Å². The van der Waals surface area contributed by atoms with Gasteiger partial charge in [0, 0.05) is 12.0 Å². The number of hydrogen-bond donors (Lipinski definition) is 0. The van der Waals surface area contributed by atoms with Gasteiger partial charge in [0.15, 0.2) is 5.84 Å². The van der Waals surface area contributed by atoms with E-state index < -0.39 is 0 Å². The largest absolute Gasteiger partial charge is 0.253 e. The average Bonchev–Trinajstić information content (AvgIpc) is 3.47. The highest BCUT2D eigenvalue weighted by Crippen LogP contribution is 2.40. The number of allylic oxidation sites excluding steroid dienone is 5. The first-order valence-electron chi connectivity index (χ1n) is 17.3. The van der Waals surface area contributed by atoms with E-state index in [2.05, 4.69) is 158 Å². The SMILES string of the molecule is C=C1CC(C2=CC=CCC2)=NC(c2ccc(-c3ccc4c5c3ccc3cccc(c35)CC=C4)cc2)=NC1c1ccc(-c2ccccc2)cc1. The van der Waals surface area contributed by atoms with Crippen LogP contribution < -0.4 is 0 Å². The molecule has 0 bridgehead atoms. The Hall–Kier alpha value is -5.86. The third kappa shape index (κ3) is 5.40. The van der Waals surface area contributed by atoms with Gasteiger partial charge in [0.25, 0.3) is 0 Å². The molecular formula is C47H36N2. The van der Waals surface area contributed by atoms with Crippen LogP contribution in [0, 0.1) is 0 Å². The summed E-state index contributed by atoms with van der Waals surface area (Å²) in [5.74, 6) is 0.764. The second kappa shape index (κ2) is 12.3. The van der Waals surface area contributed by atoms with Gasteiger partial charge in [0.05, 0.1) is 11.8 Å². The minimum absolute atomic E-state index is 0.179. The zero-order chi connectivity index (χ0) is 32.7. The van der Waals surface area contributed by atoms with Crippen LogP contribution in [0.5, 0.6) is 0 Å². The molecule has 1 heterocycles. The van der Waals surface area contributed by atoms with Crippen LogP contribution in [0.25, 0.3) is 49.9 Å². The molecule has 0 saturated carbocycles. The van der Waals surface area contributed by atoms with Crippen LogP contribution in [0.4, 0.5) is 0 Å². The molecule has 3 aliphatic rings. The van der Waals surface area contributed by atoms with E-state index in [0.29, 0.717) is 6.42 Å². The molecule has 49 heavy (non-hydrogen) atoms. The summed E-state index contributed by atoms with van der Waals surface area (Å²) in [4.78, 5) is 10.6. The first-order valence-corrected chi connectivity index (χ1v) is 17.3.